The minimum Gasteiger partial charge on any atom is -0.493 e. The monoisotopic (exact) mass is 367 g/mol. The molecule has 5 nitrogen and oxygen atoms in total. The largest absolute Gasteiger partial charge is 0.493 e. The summed E-state index contributed by atoms with van der Waals surface area (Å²) in [7, 11) is -2.10. The highest BCUT2D eigenvalue weighted by Crippen LogP contribution is 2.28. The Morgan fingerprint density at radius 3 is 2.71 bits per heavy atom. The van der Waals surface area contributed by atoms with E-state index in [2.05, 4.69) is 11.3 Å². The number of unbranched alkanes of at least 4 members (excludes halogenated alkanes) is 2. The minimum atomic E-state index is -3.65. The zero-order valence-electron chi connectivity index (χ0n) is 13.8. The number of hydrogen-bond donors (Lipinski definition) is 0. The van der Waals surface area contributed by atoms with E-state index < -0.39 is 10.0 Å². The minimum absolute atomic E-state index is 0.224. The summed E-state index contributed by atoms with van der Waals surface area (Å²) in [6.45, 7) is 2.77. The molecule has 1 heterocycles. The van der Waals surface area contributed by atoms with Crippen molar-refractivity contribution in [3.05, 3.63) is 41.3 Å². The van der Waals surface area contributed by atoms with Crippen molar-refractivity contribution in [1.29, 1.82) is 0 Å². The van der Waals surface area contributed by atoms with Crippen molar-refractivity contribution >= 4 is 27.6 Å². The van der Waals surface area contributed by atoms with Gasteiger partial charge in [0.05, 0.1) is 13.7 Å². The van der Waals surface area contributed by atoms with Crippen molar-refractivity contribution in [3.8, 4) is 11.5 Å². The first kappa shape index (κ1) is 18.5. The molecule has 0 amide bonds. The lowest BCUT2D eigenvalue weighted by Crippen LogP contribution is -2.00. The summed E-state index contributed by atoms with van der Waals surface area (Å²) in [5.74, 6) is 1.20. The van der Waals surface area contributed by atoms with E-state index in [4.69, 9.17) is 9.47 Å². The summed E-state index contributed by atoms with van der Waals surface area (Å²) in [6.07, 6.45) is 4.56. The summed E-state index contributed by atoms with van der Waals surface area (Å²) >= 11 is 1.14. The third-order valence-electron chi connectivity index (χ3n) is 3.28. The maximum atomic E-state index is 12.0. The van der Waals surface area contributed by atoms with Crippen LogP contribution in [0.25, 0.3) is 0 Å². The van der Waals surface area contributed by atoms with Crippen molar-refractivity contribution in [1.82, 2.24) is 0 Å². The smallest absolute Gasteiger partial charge is 0.291 e. The van der Waals surface area contributed by atoms with Crippen LogP contribution in [0.4, 0.5) is 0 Å². The number of hydrogen-bond acceptors (Lipinski definition) is 5. The molecular weight excluding hydrogens is 346 g/mol. The van der Waals surface area contributed by atoms with E-state index in [0.29, 0.717) is 23.7 Å². The molecular formula is C17H21NO4S2. The predicted molar refractivity (Wildman–Crippen MR) is 97.1 cm³/mol. The van der Waals surface area contributed by atoms with Gasteiger partial charge in [0.1, 0.15) is 4.21 Å². The van der Waals surface area contributed by atoms with Gasteiger partial charge in [-0.15, -0.1) is 11.3 Å². The lowest BCUT2D eigenvalue weighted by Gasteiger charge is -2.11. The molecule has 24 heavy (non-hydrogen) atoms. The molecule has 0 spiro atoms. The molecule has 0 saturated carbocycles. The number of benzene rings is 1. The van der Waals surface area contributed by atoms with Gasteiger partial charge in [0.2, 0.25) is 0 Å². The summed E-state index contributed by atoms with van der Waals surface area (Å²) in [5.41, 5.74) is 0.632. The number of nitrogens with zero attached hydrogens (tertiary/aromatic N) is 1. The second-order valence-electron chi connectivity index (χ2n) is 5.11. The highest BCUT2D eigenvalue weighted by Gasteiger charge is 2.12. The summed E-state index contributed by atoms with van der Waals surface area (Å²) in [6, 6.07) is 8.45. The Balaban J connectivity index is 2.10. The third kappa shape index (κ3) is 5.07. The van der Waals surface area contributed by atoms with Gasteiger partial charge in [-0.05, 0) is 41.6 Å². The van der Waals surface area contributed by atoms with Gasteiger partial charge in [-0.2, -0.15) is 12.8 Å². The van der Waals surface area contributed by atoms with Crippen LogP contribution in [-0.4, -0.2) is 28.3 Å². The summed E-state index contributed by atoms with van der Waals surface area (Å²) in [4.78, 5) is 0. The second kappa shape index (κ2) is 8.84. The number of thiophene rings is 1. The number of ether oxygens (including phenoxy) is 2. The van der Waals surface area contributed by atoms with Crippen LogP contribution < -0.4 is 9.47 Å². The number of rotatable bonds is 9. The van der Waals surface area contributed by atoms with E-state index >= 15 is 0 Å². The highest BCUT2D eigenvalue weighted by atomic mass is 32.2. The van der Waals surface area contributed by atoms with Gasteiger partial charge in [0.25, 0.3) is 10.0 Å². The van der Waals surface area contributed by atoms with Crippen LogP contribution >= 0.6 is 11.3 Å². The molecule has 1 aromatic carbocycles. The van der Waals surface area contributed by atoms with Gasteiger partial charge in [-0.1, -0.05) is 25.8 Å². The second-order valence-corrected chi connectivity index (χ2v) is 7.91. The molecule has 0 fully saturated rings. The van der Waals surface area contributed by atoms with Crippen molar-refractivity contribution in [2.24, 2.45) is 4.40 Å². The molecule has 0 saturated heterocycles. The van der Waals surface area contributed by atoms with Crippen LogP contribution in [0, 0.1) is 0 Å². The molecule has 0 N–H and O–H groups in total. The van der Waals surface area contributed by atoms with Crippen LogP contribution in [0.5, 0.6) is 11.5 Å². The fourth-order valence-electron chi connectivity index (χ4n) is 2.01. The Labute approximate surface area is 147 Å². The van der Waals surface area contributed by atoms with Crippen LogP contribution in [0.2, 0.25) is 0 Å². The fourth-order valence-corrected chi connectivity index (χ4v) is 3.86. The summed E-state index contributed by atoms with van der Waals surface area (Å²) in [5, 5.41) is 1.70. The van der Waals surface area contributed by atoms with Crippen molar-refractivity contribution in [3.63, 3.8) is 0 Å². The molecule has 1 aromatic heterocycles. The van der Waals surface area contributed by atoms with E-state index in [0.717, 1.165) is 30.6 Å². The molecule has 0 unspecified atom stereocenters. The molecule has 130 valence electrons. The SMILES string of the molecule is CCCCCOc1ccc(/C=N\S(=O)(=O)c2cccs2)cc1OC. The van der Waals surface area contributed by atoms with Gasteiger partial charge in [-0.3, -0.25) is 0 Å². The molecule has 2 rings (SSSR count). The van der Waals surface area contributed by atoms with Gasteiger partial charge in [-0.25, -0.2) is 0 Å². The lowest BCUT2D eigenvalue weighted by molar-refractivity contribution is 0.286. The van der Waals surface area contributed by atoms with Crippen LogP contribution in [0.15, 0.2) is 44.3 Å². The molecule has 0 radical (unpaired) electrons. The molecule has 7 heteroatoms. The van der Waals surface area contributed by atoms with Crippen LogP contribution in [0.1, 0.15) is 31.7 Å². The molecule has 0 atom stereocenters. The maximum Gasteiger partial charge on any atom is 0.291 e. The molecule has 0 aliphatic heterocycles. The first-order chi connectivity index (χ1) is 11.6. The van der Waals surface area contributed by atoms with Crippen LogP contribution in [-0.2, 0) is 10.0 Å². The third-order valence-corrected chi connectivity index (χ3v) is 5.89. The van der Waals surface area contributed by atoms with E-state index in [1.54, 1.807) is 36.8 Å². The zero-order chi connectivity index (χ0) is 17.4. The standard InChI is InChI=1S/C17H21NO4S2/c1-3-4-5-10-22-15-9-8-14(12-16(15)21-2)13-18-24(19,20)17-7-6-11-23-17/h6-9,11-13H,3-5,10H2,1-2H3/b18-13-. The topological polar surface area (TPSA) is 65.0 Å². The maximum absolute atomic E-state index is 12.0. The van der Waals surface area contributed by atoms with E-state index in [-0.39, 0.29) is 4.21 Å². The van der Waals surface area contributed by atoms with E-state index in [1.165, 1.54) is 12.3 Å². The first-order valence-corrected chi connectivity index (χ1v) is 10.0. The van der Waals surface area contributed by atoms with Crippen molar-refractivity contribution in [2.45, 2.75) is 30.4 Å². The van der Waals surface area contributed by atoms with E-state index in [1.807, 2.05) is 0 Å². The van der Waals surface area contributed by atoms with Crippen molar-refractivity contribution in [2.75, 3.05) is 13.7 Å². The Hall–Kier alpha value is -1.86. The summed E-state index contributed by atoms with van der Waals surface area (Å²) < 4.78 is 39.1. The highest BCUT2D eigenvalue weighted by molar-refractivity contribution is 7.92. The predicted octanol–water partition coefficient (Wildman–Crippen LogP) is 4.13. The Morgan fingerprint density at radius 1 is 1.21 bits per heavy atom. The Kier molecular flexibility index (Phi) is 6.81. The molecule has 0 aliphatic rings. The Bertz CT molecular complexity index is 768. The van der Waals surface area contributed by atoms with Crippen molar-refractivity contribution < 1.29 is 17.9 Å². The van der Waals surface area contributed by atoms with Crippen LogP contribution in [0.3, 0.4) is 0 Å². The van der Waals surface area contributed by atoms with Gasteiger partial charge in [0.15, 0.2) is 11.5 Å². The van der Waals surface area contributed by atoms with Gasteiger partial charge in [0, 0.05) is 6.21 Å². The fraction of sp³-hybridized carbons (Fsp3) is 0.353. The molecule has 2 aromatic rings. The average Bonchev–Trinajstić information content (AvgIpc) is 3.13. The molecule has 0 aliphatic carbocycles. The van der Waals surface area contributed by atoms with Gasteiger partial charge < -0.3 is 9.47 Å². The Morgan fingerprint density at radius 2 is 2.04 bits per heavy atom. The zero-order valence-corrected chi connectivity index (χ0v) is 15.4. The normalized spacial score (nSPS) is 11.8. The number of methoxy groups -OCH3 is 1. The quantitative estimate of drug-likeness (QED) is 0.494. The van der Waals surface area contributed by atoms with E-state index in [9.17, 15) is 8.42 Å². The van der Waals surface area contributed by atoms with Gasteiger partial charge >= 0.3 is 0 Å². The lowest BCUT2D eigenvalue weighted by atomic mass is 10.2. The number of sulfonamides is 1. The average molecular weight is 367 g/mol. The molecule has 0 bridgehead atoms. The first-order valence-electron chi connectivity index (χ1n) is 7.71.